The maximum absolute atomic E-state index is 11.8. The summed E-state index contributed by atoms with van der Waals surface area (Å²) in [5, 5.41) is 2.79. The molecule has 0 aromatic carbocycles. The lowest BCUT2D eigenvalue weighted by Gasteiger charge is -2.05. The van der Waals surface area contributed by atoms with Crippen LogP contribution in [0.15, 0.2) is 18.2 Å². The van der Waals surface area contributed by atoms with E-state index in [2.05, 4.69) is 17.2 Å². The summed E-state index contributed by atoms with van der Waals surface area (Å²) in [6.45, 7) is 2.26. The number of rotatable bonds is 13. The van der Waals surface area contributed by atoms with Crippen molar-refractivity contribution in [2.75, 3.05) is 11.1 Å². The van der Waals surface area contributed by atoms with Crippen LogP contribution in [0.4, 0.5) is 11.6 Å². The molecule has 0 saturated carbocycles. The average molecular weight is 356 g/mol. The van der Waals surface area contributed by atoms with Crippen molar-refractivity contribution in [2.45, 2.75) is 84.0 Å². The molecule has 4 nitrogen and oxygen atoms in total. The van der Waals surface area contributed by atoms with Gasteiger partial charge in [-0.3, -0.25) is 4.79 Å². The lowest BCUT2D eigenvalue weighted by atomic mass is 10.1. The zero-order chi connectivity index (χ0) is 16.8. The lowest BCUT2D eigenvalue weighted by Crippen LogP contribution is -2.12. The molecule has 0 fully saturated rings. The molecule has 24 heavy (non-hydrogen) atoms. The summed E-state index contributed by atoms with van der Waals surface area (Å²) in [4.78, 5) is 15.9. The number of aromatic nitrogens is 1. The minimum absolute atomic E-state index is 0. The largest absolute Gasteiger partial charge is 0.384 e. The Morgan fingerprint density at radius 2 is 1.50 bits per heavy atom. The number of carbonyl (C=O) groups excluding carboxylic acids is 1. The van der Waals surface area contributed by atoms with Crippen LogP contribution in [0.3, 0.4) is 0 Å². The average Bonchev–Trinajstić information content (AvgIpc) is 2.52. The first-order valence-electron chi connectivity index (χ1n) is 9.24. The zero-order valence-corrected chi connectivity index (χ0v) is 15.9. The maximum Gasteiger partial charge on any atom is 0.225 e. The number of nitrogens with two attached hydrogens (primary N) is 1. The summed E-state index contributed by atoms with van der Waals surface area (Å²) in [7, 11) is 0. The highest BCUT2D eigenvalue weighted by atomic mass is 35.5. The van der Waals surface area contributed by atoms with E-state index in [0.717, 1.165) is 12.8 Å². The van der Waals surface area contributed by atoms with Gasteiger partial charge in [0.05, 0.1) is 0 Å². The molecule has 0 radical (unpaired) electrons. The molecule has 0 saturated heterocycles. The third-order valence-electron chi connectivity index (χ3n) is 4.05. The molecule has 0 atom stereocenters. The van der Waals surface area contributed by atoms with E-state index in [9.17, 15) is 4.79 Å². The SMILES string of the molecule is CCCCCCCCCCCCCC(=O)Nc1cccc(N)n1.Cl. The molecule has 0 bridgehead atoms. The Labute approximate surface area is 153 Å². The van der Waals surface area contributed by atoms with Crippen molar-refractivity contribution in [3.63, 3.8) is 0 Å². The number of anilines is 2. The number of nitrogens with zero attached hydrogens (tertiary/aromatic N) is 1. The molecule has 3 N–H and O–H groups in total. The van der Waals surface area contributed by atoms with Crippen LogP contribution in [0.1, 0.15) is 84.0 Å². The lowest BCUT2D eigenvalue weighted by molar-refractivity contribution is -0.116. The fourth-order valence-electron chi connectivity index (χ4n) is 2.68. The monoisotopic (exact) mass is 355 g/mol. The summed E-state index contributed by atoms with van der Waals surface area (Å²) in [5.74, 6) is 0.995. The molecular weight excluding hydrogens is 322 g/mol. The van der Waals surface area contributed by atoms with Crippen molar-refractivity contribution < 1.29 is 4.79 Å². The first kappa shape index (κ1) is 22.7. The van der Waals surface area contributed by atoms with Crippen LogP contribution in [-0.4, -0.2) is 10.9 Å². The molecule has 1 aromatic rings. The fraction of sp³-hybridized carbons (Fsp3) is 0.684. The standard InChI is InChI=1S/C19H33N3O.ClH/c1-2-3-4-5-6-7-8-9-10-11-12-16-19(23)22-18-15-13-14-17(20)21-18;/h13-15H,2-12,16H2,1H3,(H3,20,21,22,23);1H. The van der Waals surface area contributed by atoms with E-state index < -0.39 is 0 Å². The number of hydrogen-bond donors (Lipinski definition) is 2. The number of amides is 1. The van der Waals surface area contributed by atoms with Crippen LogP contribution in [0, 0.1) is 0 Å². The maximum atomic E-state index is 11.8. The Morgan fingerprint density at radius 3 is 2.04 bits per heavy atom. The third-order valence-corrected chi connectivity index (χ3v) is 4.05. The van der Waals surface area contributed by atoms with Crippen molar-refractivity contribution in [1.29, 1.82) is 0 Å². The molecule has 0 spiro atoms. The quantitative estimate of drug-likeness (QED) is 0.444. The second kappa shape index (κ2) is 15.3. The van der Waals surface area contributed by atoms with Gasteiger partial charge in [0.25, 0.3) is 0 Å². The van der Waals surface area contributed by atoms with Crippen molar-refractivity contribution in [2.24, 2.45) is 0 Å². The predicted molar refractivity (Wildman–Crippen MR) is 106 cm³/mol. The third kappa shape index (κ3) is 12.2. The van der Waals surface area contributed by atoms with Gasteiger partial charge in [0.2, 0.25) is 5.91 Å². The van der Waals surface area contributed by atoms with E-state index in [-0.39, 0.29) is 18.3 Å². The van der Waals surface area contributed by atoms with Gasteiger partial charge in [0, 0.05) is 6.42 Å². The number of unbranched alkanes of at least 4 members (excludes halogenated alkanes) is 10. The van der Waals surface area contributed by atoms with E-state index in [1.165, 1.54) is 57.8 Å². The topological polar surface area (TPSA) is 68.0 Å². The highest BCUT2D eigenvalue weighted by Gasteiger charge is 2.03. The number of carbonyl (C=O) groups is 1. The Hall–Kier alpha value is -1.29. The van der Waals surface area contributed by atoms with Gasteiger partial charge >= 0.3 is 0 Å². The summed E-state index contributed by atoms with van der Waals surface area (Å²) in [6.07, 6.45) is 14.8. The molecule has 138 valence electrons. The van der Waals surface area contributed by atoms with E-state index in [0.29, 0.717) is 18.1 Å². The van der Waals surface area contributed by atoms with Crippen molar-refractivity contribution in [3.8, 4) is 0 Å². The molecule has 1 rings (SSSR count). The number of nitrogens with one attached hydrogen (secondary N) is 1. The van der Waals surface area contributed by atoms with Gasteiger partial charge in [-0.05, 0) is 18.6 Å². The number of halogens is 1. The van der Waals surface area contributed by atoms with Gasteiger partial charge < -0.3 is 11.1 Å². The van der Waals surface area contributed by atoms with Crippen LogP contribution in [-0.2, 0) is 4.79 Å². The summed E-state index contributed by atoms with van der Waals surface area (Å²) in [6, 6.07) is 5.26. The Bertz CT molecular complexity index is 440. The number of hydrogen-bond acceptors (Lipinski definition) is 3. The van der Waals surface area contributed by atoms with Crippen molar-refractivity contribution in [3.05, 3.63) is 18.2 Å². The van der Waals surface area contributed by atoms with Gasteiger partial charge in [-0.25, -0.2) is 4.98 Å². The molecule has 1 heterocycles. The molecule has 0 unspecified atom stereocenters. The molecule has 1 amide bonds. The molecule has 5 heteroatoms. The van der Waals surface area contributed by atoms with Crippen LogP contribution < -0.4 is 11.1 Å². The van der Waals surface area contributed by atoms with E-state index in [1.54, 1.807) is 18.2 Å². The number of pyridine rings is 1. The molecule has 0 aliphatic carbocycles. The Balaban J connectivity index is 0.00000529. The summed E-state index contributed by atoms with van der Waals surface area (Å²) in [5.41, 5.74) is 5.59. The van der Waals surface area contributed by atoms with Crippen molar-refractivity contribution >= 4 is 29.9 Å². The second-order valence-electron chi connectivity index (χ2n) is 6.28. The smallest absolute Gasteiger partial charge is 0.225 e. The first-order chi connectivity index (χ1) is 11.2. The molecule has 0 aliphatic rings. The van der Waals surface area contributed by atoms with E-state index in [1.807, 2.05) is 0 Å². The highest BCUT2D eigenvalue weighted by molar-refractivity contribution is 5.89. The molecule has 0 aliphatic heterocycles. The van der Waals surface area contributed by atoms with Crippen LogP contribution in [0.2, 0.25) is 0 Å². The normalized spacial score (nSPS) is 10.2. The summed E-state index contributed by atoms with van der Waals surface area (Å²) < 4.78 is 0. The van der Waals surface area contributed by atoms with Gasteiger partial charge in [-0.15, -0.1) is 12.4 Å². The molecular formula is C19H34ClN3O. The predicted octanol–water partition coefficient (Wildman–Crippen LogP) is 5.73. The minimum atomic E-state index is 0. The van der Waals surface area contributed by atoms with Crippen molar-refractivity contribution in [1.82, 2.24) is 4.98 Å². The fourth-order valence-corrected chi connectivity index (χ4v) is 2.68. The Morgan fingerprint density at radius 1 is 0.958 bits per heavy atom. The molecule has 1 aromatic heterocycles. The minimum Gasteiger partial charge on any atom is -0.384 e. The summed E-state index contributed by atoms with van der Waals surface area (Å²) >= 11 is 0. The van der Waals surface area contributed by atoms with Gasteiger partial charge in [-0.2, -0.15) is 0 Å². The van der Waals surface area contributed by atoms with E-state index >= 15 is 0 Å². The zero-order valence-electron chi connectivity index (χ0n) is 15.1. The van der Waals surface area contributed by atoms with Crippen LogP contribution in [0.25, 0.3) is 0 Å². The van der Waals surface area contributed by atoms with E-state index in [4.69, 9.17) is 5.73 Å². The highest BCUT2D eigenvalue weighted by Crippen LogP contribution is 2.12. The Kier molecular flexibility index (Phi) is 14.4. The first-order valence-corrected chi connectivity index (χ1v) is 9.24. The van der Waals surface area contributed by atoms with Gasteiger partial charge in [0.1, 0.15) is 11.6 Å². The number of nitrogen functional groups attached to an aromatic ring is 1. The van der Waals surface area contributed by atoms with Gasteiger partial charge in [-0.1, -0.05) is 77.2 Å². The van der Waals surface area contributed by atoms with Gasteiger partial charge in [0.15, 0.2) is 0 Å². The van der Waals surface area contributed by atoms with Crippen LogP contribution in [0.5, 0.6) is 0 Å². The second-order valence-corrected chi connectivity index (χ2v) is 6.28. The van der Waals surface area contributed by atoms with Crippen LogP contribution >= 0.6 is 12.4 Å².